The van der Waals surface area contributed by atoms with E-state index in [2.05, 4.69) is 24.3 Å². The van der Waals surface area contributed by atoms with Crippen LogP contribution in [0, 0.1) is 0 Å². The van der Waals surface area contributed by atoms with E-state index in [4.69, 9.17) is 4.74 Å². The van der Waals surface area contributed by atoms with Crippen LogP contribution in [0.3, 0.4) is 0 Å². The highest BCUT2D eigenvalue weighted by molar-refractivity contribution is 4.99. The molecular formula is C12H21N3O2. The average molecular weight is 239 g/mol. The molecule has 1 aliphatic heterocycles. The quantitative estimate of drug-likeness (QED) is 0.794. The first-order valence-electron chi connectivity index (χ1n) is 6.14. The summed E-state index contributed by atoms with van der Waals surface area (Å²) in [5.74, 6) is 0. The topological polar surface area (TPSA) is 59.3 Å². The summed E-state index contributed by atoms with van der Waals surface area (Å²) in [6.45, 7) is 6.52. The Bertz CT molecular complexity index is 356. The van der Waals surface area contributed by atoms with Crippen LogP contribution in [0.25, 0.3) is 0 Å². The monoisotopic (exact) mass is 239 g/mol. The largest absolute Gasteiger partial charge is 0.386 e. The van der Waals surface area contributed by atoms with E-state index in [0.29, 0.717) is 38.8 Å². The third-order valence-electron chi connectivity index (χ3n) is 3.04. The molecule has 2 rings (SSSR count). The Hall–Kier alpha value is -0.910. The van der Waals surface area contributed by atoms with Gasteiger partial charge in [0.2, 0.25) is 0 Å². The third-order valence-corrected chi connectivity index (χ3v) is 3.04. The van der Waals surface area contributed by atoms with Crippen LogP contribution in [-0.2, 0) is 11.3 Å². The van der Waals surface area contributed by atoms with E-state index >= 15 is 0 Å². The zero-order chi connectivity index (χ0) is 12.3. The van der Waals surface area contributed by atoms with Crippen LogP contribution in [-0.4, -0.2) is 40.2 Å². The maximum atomic E-state index is 10.0. The molecule has 1 unspecified atom stereocenters. The van der Waals surface area contributed by atoms with Crippen molar-refractivity contribution >= 4 is 0 Å². The SMILES string of the molecule is CC(C)n1ccc(CNCC2(O)CCOC2)n1. The zero-order valence-corrected chi connectivity index (χ0v) is 10.5. The molecule has 5 heteroatoms. The number of aromatic nitrogens is 2. The van der Waals surface area contributed by atoms with Crippen LogP contribution in [0.15, 0.2) is 12.3 Å². The molecule has 2 N–H and O–H groups in total. The fraction of sp³-hybridized carbons (Fsp3) is 0.750. The van der Waals surface area contributed by atoms with Gasteiger partial charge in [0.15, 0.2) is 0 Å². The van der Waals surface area contributed by atoms with Crippen LogP contribution in [0.1, 0.15) is 32.0 Å². The summed E-state index contributed by atoms with van der Waals surface area (Å²) in [5.41, 5.74) is 0.307. The molecule has 0 saturated carbocycles. The minimum Gasteiger partial charge on any atom is -0.386 e. The number of aliphatic hydroxyl groups is 1. The van der Waals surface area contributed by atoms with E-state index in [1.165, 1.54) is 0 Å². The van der Waals surface area contributed by atoms with Crippen molar-refractivity contribution < 1.29 is 9.84 Å². The van der Waals surface area contributed by atoms with Gasteiger partial charge >= 0.3 is 0 Å². The number of hydrogen-bond donors (Lipinski definition) is 2. The van der Waals surface area contributed by atoms with Gasteiger partial charge in [0, 0.05) is 38.4 Å². The van der Waals surface area contributed by atoms with Gasteiger partial charge in [-0.3, -0.25) is 4.68 Å². The molecule has 0 amide bonds. The van der Waals surface area contributed by atoms with Gasteiger partial charge in [0.25, 0.3) is 0 Å². The van der Waals surface area contributed by atoms with Crippen molar-refractivity contribution in [1.82, 2.24) is 15.1 Å². The fourth-order valence-corrected chi connectivity index (χ4v) is 1.92. The summed E-state index contributed by atoms with van der Waals surface area (Å²) in [7, 11) is 0. The van der Waals surface area contributed by atoms with Crippen molar-refractivity contribution in [2.75, 3.05) is 19.8 Å². The van der Waals surface area contributed by atoms with Crippen LogP contribution in [0.4, 0.5) is 0 Å². The van der Waals surface area contributed by atoms with Gasteiger partial charge in [-0.25, -0.2) is 0 Å². The summed E-state index contributed by atoms with van der Waals surface area (Å²) in [6, 6.07) is 2.39. The highest BCUT2D eigenvalue weighted by Crippen LogP contribution is 2.17. The Morgan fingerprint density at radius 3 is 3.06 bits per heavy atom. The standard InChI is InChI=1S/C12H21N3O2/c1-10(2)15-5-3-11(14-15)7-13-8-12(16)4-6-17-9-12/h3,5,10,13,16H,4,6-9H2,1-2H3. The second-order valence-corrected chi connectivity index (χ2v) is 5.01. The Labute approximate surface area is 102 Å². The molecule has 0 aromatic carbocycles. The van der Waals surface area contributed by atoms with Crippen molar-refractivity contribution in [3.05, 3.63) is 18.0 Å². The minimum atomic E-state index is -0.694. The molecule has 0 bridgehead atoms. The van der Waals surface area contributed by atoms with Gasteiger partial charge in [-0.1, -0.05) is 0 Å². The van der Waals surface area contributed by atoms with E-state index in [9.17, 15) is 5.11 Å². The van der Waals surface area contributed by atoms with Crippen LogP contribution in [0.5, 0.6) is 0 Å². The lowest BCUT2D eigenvalue weighted by molar-refractivity contribution is 0.0268. The predicted molar refractivity (Wildman–Crippen MR) is 64.7 cm³/mol. The van der Waals surface area contributed by atoms with Crippen molar-refractivity contribution in [2.24, 2.45) is 0 Å². The Kier molecular flexibility index (Phi) is 3.81. The number of rotatable bonds is 5. The molecule has 1 atom stereocenters. The van der Waals surface area contributed by atoms with Gasteiger partial charge in [-0.15, -0.1) is 0 Å². The average Bonchev–Trinajstić information content (AvgIpc) is 2.88. The van der Waals surface area contributed by atoms with Crippen molar-refractivity contribution in [2.45, 2.75) is 38.5 Å². The molecule has 1 fully saturated rings. The lowest BCUT2D eigenvalue weighted by Gasteiger charge is -2.20. The number of ether oxygens (including phenoxy) is 1. The summed E-state index contributed by atoms with van der Waals surface area (Å²) in [4.78, 5) is 0. The zero-order valence-electron chi connectivity index (χ0n) is 10.5. The van der Waals surface area contributed by atoms with Gasteiger partial charge < -0.3 is 15.2 Å². The fourth-order valence-electron chi connectivity index (χ4n) is 1.92. The molecule has 0 spiro atoms. The molecule has 0 radical (unpaired) electrons. The lowest BCUT2D eigenvalue weighted by atomic mass is 10.0. The third kappa shape index (κ3) is 3.28. The molecule has 1 saturated heterocycles. The first kappa shape index (κ1) is 12.5. The Balaban J connectivity index is 1.77. The van der Waals surface area contributed by atoms with Gasteiger partial charge in [-0.2, -0.15) is 5.10 Å². The molecule has 1 aromatic rings. The maximum Gasteiger partial charge on any atom is 0.103 e. The summed E-state index contributed by atoms with van der Waals surface area (Å²) >= 11 is 0. The summed E-state index contributed by atoms with van der Waals surface area (Å²) < 4.78 is 7.12. The number of hydrogen-bond acceptors (Lipinski definition) is 4. The van der Waals surface area contributed by atoms with E-state index in [1.54, 1.807) is 0 Å². The van der Waals surface area contributed by atoms with E-state index in [1.807, 2.05) is 16.9 Å². The molecule has 1 aromatic heterocycles. The van der Waals surface area contributed by atoms with Gasteiger partial charge in [0.1, 0.15) is 5.60 Å². The van der Waals surface area contributed by atoms with E-state index in [-0.39, 0.29) is 0 Å². The van der Waals surface area contributed by atoms with Crippen molar-refractivity contribution in [1.29, 1.82) is 0 Å². The lowest BCUT2D eigenvalue weighted by Crippen LogP contribution is -2.40. The Morgan fingerprint density at radius 2 is 2.47 bits per heavy atom. The van der Waals surface area contributed by atoms with Crippen molar-refractivity contribution in [3.8, 4) is 0 Å². The molecule has 5 nitrogen and oxygen atoms in total. The number of nitrogens with zero attached hydrogens (tertiary/aromatic N) is 2. The van der Waals surface area contributed by atoms with E-state index in [0.717, 1.165) is 5.69 Å². The Morgan fingerprint density at radius 1 is 1.65 bits per heavy atom. The second-order valence-electron chi connectivity index (χ2n) is 5.01. The smallest absolute Gasteiger partial charge is 0.103 e. The molecule has 1 aliphatic rings. The molecule has 17 heavy (non-hydrogen) atoms. The van der Waals surface area contributed by atoms with Crippen LogP contribution < -0.4 is 5.32 Å². The summed E-state index contributed by atoms with van der Waals surface area (Å²) in [6.07, 6.45) is 2.69. The highest BCUT2D eigenvalue weighted by Gasteiger charge is 2.31. The number of nitrogens with one attached hydrogen (secondary N) is 1. The van der Waals surface area contributed by atoms with Gasteiger partial charge in [0.05, 0.1) is 12.3 Å². The first-order chi connectivity index (χ1) is 8.09. The van der Waals surface area contributed by atoms with Crippen LogP contribution in [0.2, 0.25) is 0 Å². The predicted octanol–water partition coefficient (Wildman–Crippen LogP) is 0.705. The van der Waals surface area contributed by atoms with E-state index < -0.39 is 5.60 Å². The molecule has 2 heterocycles. The second kappa shape index (κ2) is 5.16. The highest BCUT2D eigenvalue weighted by atomic mass is 16.5. The van der Waals surface area contributed by atoms with Crippen molar-refractivity contribution in [3.63, 3.8) is 0 Å². The van der Waals surface area contributed by atoms with Crippen LogP contribution >= 0.6 is 0 Å². The normalized spacial score (nSPS) is 24.7. The maximum absolute atomic E-state index is 10.0. The molecular weight excluding hydrogens is 218 g/mol. The van der Waals surface area contributed by atoms with Gasteiger partial charge in [-0.05, 0) is 19.9 Å². The minimum absolute atomic E-state index is 0.385. The molecule has 0 aliphatic carbocycles. The first-order valence-corrected chi connectivity index (χ1v) is 6.14. The summed E-state index contributed by atoms with van der Waals surface area (Å²) in [5, 5.41) is 17.7. The molecule has 96 valence electrons.